The first-order valence-corrected chi connectivity index (χ1v) is 15.6. The van der Waals surface area contributed by atoms with E-state index in [0.29, 0.717) is 60.1 Å². The Kier molecular flexibility index (Phi) is 8.74. The molecule has 5 aromatic rings. The Morgan fingerprint density at radius 1 is 0.978 bits per heavy atom. The van der Waals surface area contributed by atoms with E-state index < -0.39 is 11.9 Å². The number of thiophene rings is 1. The number of allylic oxidation sites excluding steroid dienone is 1. The van der Waals surface area contributed by atoms with Gasteiger partial charge >= 0.3 is 5.97 Å². The van der Waals surface area contributed by atoms with Gasteiger partial charge in [0.1, 0.15) is 34.6 Å². The van der Waals surface area contributed by atoms with Gasteiger partial charge in [0, 0.05) is 31.8 Å². The third kappa shape index (κ3) is 6.10. The van der Waals surface area contributed by atoms with Crippen molar-refractivity contribution in [2.75, 3.05) is 7.11 Å². The number of halogens is 4. The number of fused-ring (bicyclic) bond motifs is 2. The van der Waals surface area contributed by atoms with Crippen LogP contribution in [-0.2, 0) is 6.61 Å². The monoisotopic (exact) mass is 696 g/mol. The highest BCUT2D eigenvalue weighted by Gasteiger charge is 2.32. The number of benzene rings is 4. The van der Waals surface area contributed by atoms with Crippen LogP contribution in [0.1, 0.15) is 32.3 Å². The van der Waals surface area contributed by atoms with Crippen molar-refractivity contribution in [3.63, 3.8) is 0 Å². The molecule has 0 radical (unpaired) electrons. The second kappa shape index (κ2) is 12.7. The minimum absolute atomic E-state index is 0.0698. The molecule has 4 aromatic carbocycles. The SMILES string of the molecule is COc1cc(C2C(C#N)=C(N)Oc3cc(OC(=O)c4sc5cc(Cl)cc(Cl)c5c4Cl)ccc32)ccc1OCc1ccc(Cl)cc1. The lowest BCUT2D eigenvalue weighted by Crippen LogP contribution is -2.21. The second-order valence-corrected chi connectivity index (χ2v) is 12.6. The molecule has 0 fully saturated rings. The molecule has 1 atom stereocenters. The number of hydrogen-bond donors (Lipinski definition) is 1. The lowest BCUT2D eigenvalue weighted by Gasteiger charge is -2.27. The van der Waals surface area contributed by atoms with E-state index >= 15 is 0 Å². The molecule has 2 N–H and O–H groups in total. The number of rotatable bonds is 7. The smallest absolute Gasteiger partial charge is 0.355 e. The molecule has 0 saturated heterocycles. The maximum Gasteiger partial charge on any atom is 0.355 e. The van der Waals surface area contributed by atoms with E-state index in [1.807, 2.05) is 18.2 Å². The van der Waals surface area contributed by atoms with Crippen LogP contribution < -0.4 is 24.7 Å². The highest BCUT2D eigenvalue weighted by atomic mass is 35.5. The van der Waals surface area contributed by atoms with Gasteiger partial charge in [-0.15, -0.1) is 11.3 Å². The lowest BCUT2D eigenvalue weighted by atomic mass is 9.83. The Morgan fingerprint density at radius 3 is 2.49 bits per heavy atom. The second-order valence-electron chi connectivity index (χ2n) is 9.85. The van der Waals surface area contributed by atoms with Gasteiger partial charge in [0.05, 0.1) is 23.1 Å². The number of hydrogen-bond acceptors (Lipinski definition) is 8. The van der Waals surface area contributed by atoms with Crippen LogP contribution in [0.25, 0.3) is 10.1 Å². The molecule has 0 aliphatic carbocycles. The molecule has 0 amide bonds. The molecule has 0 spiro atoms. The van der Waals surface area contributed by atoms with Crippen molar-refractivity contribution < 1.29 is 23.7 Å². The number of carbonyl (C=O) groups excluding carboxylic acids is 1. The number of nitriles is 1. The number of methoxy groups -OCH3 is 1. The molecule has 12 heteroatoms. The minimum Gasteiger partial charge on any atom is -0.493 e. The molecule has 0 saturated carbocycles. The van der Waals surface area contributed by atoms with Crippen molar-refractivity contribution in [1.82, 2.24) is 0 Å². The van der Waals surface area contributed by atoms with Crippen LogP contribution in [0, 0.1) is 11.3 Å². The number of carbonyl (C=O) groups is 1. The van der Waals surface area contributed by atoms with Crippen LogP contribution in [-0.4, -0.2) is 13.1 Å². The van der Waals surface area contributed by atoms with Crippen LogP contribution in [0.15, 0.2) is 84.3 Å². The number of esters is 1. The van der Waals surface area contributed by atoms with Crippen LogP contribution in [0.5, 0.6) is 23.0 Å². The van der Waals surface area contributed by atoms with Crippen LogP contribution in [0.2, 0.25) is 20.1 Å². The summed E-state index contributed by atoms with van der Waals surface area (Å²) in [5, 5.41) is 12.1. The average Bonchev–Trinajstić information content (AvgIpc) is 3.36. The fourth-order valence-corrected chi connectivity index (χ4v) is 7.34. The topological polar surface area (TPSA) is 104 Å². The summed E-state index contributed by atoms with van der Waals surface area (Å²) in [6.07, 6.45) is 0. The molecule has 2 heterocycles. The summed E-state index contributed by atoms with van der Waals surface area (Å²) in [5.41, 5.74) is 8.72. The third-order valence-electron chi connectivity index (χ3n) is 7.06. The van der Waals surface area contributed by atoms with E-state index in [9.17, 15) is 10.1 Å². The predicted molar refractivity (Wildman–Crippen MR) is 176 cm³/mol. The Hall–Kier alpha value is -4.10. The molecular formula is C33H20Cl4N2O5S. The molecule has 1 aliphatic rings. The largest absolute Gasteiger partial charge is 0.493 e. The highest BCUT2D eigenvalue weighted by Crippen LogP contribution is 2.46. The summed E-state index contributed by atoms with van der Waals surface area (Å²) in [5.74, 6) is 0.155. The van der Waals surface area contributed by atoms with Crippen molar-refractivity contribution in [2.24, 2.45) is 5.73 Å². The van der Waals surface area contributed by atoms with Gasteiger partial charge in [0.2, 0.25) is 5.88 Å². The summed E-state index contributed by atoms with van der Waals surface area (Å²) >= 11 is 26.0. The van der Waals surface area contributed by atoms with E-state index in [1.165, 1.54) is 13.2 Å². The van der Waals surface area contributed by atoms with Crippen molar-refractivity contribution in [3.05, 3.63) is 126 Å². The molecule has 1 aliphatic heterocycles. The Labute approximate surface area is 281 Å². The van der Waals surface area contributed by atoms with Crippen molar-refractivity contribution in [1.29, 1.82) is 5.26 Å². The lowest BCUT2D eigenvalue weighted by molar-refractivity contribution is 0.0740. The van der Waals surface area contributed by atoms with Gasteiger partial charge in [-0.25, -0.2) is 4.79 Å². The summed E-state index contributed by atoms with van der Waals surface area (Å²) in [7, 11) is 1.54. The van der Waals surface area contributed by atoms with Gasteiger partial charge in [-0.1, -0.05) is 70.7 Å². The Morgan fingerprint density at radius 2 is 1.76 bits per heavy atom. The van der Waals surface area contributed by atoms with Gasteiger partial charge in [0.15, 0.2) is 11.5 Å². The normalized spacial score (nSPS) is 14.0. The molecule has 1 unspecified atom stereocenters. The molecule has 226 valence electrons. The van der Waals surface area contributed by atoms with Crippen LogP contribution in [0.4, 0.5) is 0 Å². The van der Waals surface area contributed by atoms with E-state index in [-0.39, 0.29) is 27.1 Å². The Balaban J connectivity index is 1.28. The molecule has 45 heavy (non-hydrogen) atoms. The first-order chi connectivity index (χ1) is 21.7. The first-order valence-electron chi connectivity index (χ1n) is 13.2. The van der Waals surface area contributed by atoms with Crippen molar-refractivity contribution in [3.8, 4) is 29.1 Å². The fourth-order valence-electron chi connectivity index (χ4n) is 4.96. The van der Waals surface area contributed by atoms with Crippen LogP contribution >= 0.6 is 57.7 Å². The minimum atomic E-state index is -0.680. The molecular weight excluding hydrogens is 678 g/mol. The maximum atomic E-state index is 13.2. The predicted octanol–water partition coefficient (Wildman–Crippen LogP) is 9.54. The quantitative estimate of drug-likeness (QED) is 0.133. The van der Waals surface area contributed by atoms with Crippen molar-refractivity contribution in [2.45, 2.75) is 12.5 Å². The van der Waals surface area contributed by atoms with Gasteiger partial charge in [-0.3, -0.25) is 0 Å². The summed E-state index contributed by atoms with van der Waals surface area (Å²) in [4.78, 5) is 13.3. The van der Waals surface area contributed by atoms with Gasteiger partial charge in [-0.05, 0) is 53.6 Å². The highest BCUT2D eigenvalue weighted by molar-refractivity contribution is 7.21. The molecule has 1 aromatic heterocycles. The summed E-state index contributed by atoms with van der Waals surface area (Å²) in [6.45, 7) is 0.304. The molecule has 7 nitrogen and oxygen atoms in total. The fraction of sp³-hybridized carbons (Fsp3) is 0.0909. The zero-order valence-electron chi connectivity index (χ0n) is 23.2. The molecule has 0 bridgehead atoms. The summed E-state index contributed by atoms with van der Waals surface area (Å²) < 4.78 is 23.8. The van der Waals surface area contributed by atoms with Gasteiger partial charge in [-0.2, -0.15) is 5.26 Å². The van der Waals surface area contributed by atoms with E-state index in [0.717, 1.165) is 16.9 Å². The van der Waals surface area contributed by atoms with Gasteiger partial charge in [0.25, 0.3) is 0 Å². The first kappa shape index (κ1) is 30.9. The van der Waals surface area contributed by atoms with E-state index in [2.05, 4.69) is 6.07 Å². The Bertz CT molecular complexity index is 2050. The zero-order valence-corrected chi connectivity index (χ0v) is 27.0. The van der Waals surface area contributed by atoms with Crippen LogP contribution in [0.3, 0.4) is 0 Å². The third-order valence-corrected chi connectivity index (χ3v) is 9.44. The standard InChI is InChI=1S/C33H20Cl4N2O5S/c1-41-26-10-17(4-9-24(26)42-15-16-2-5-18(34)6-3-16)28-21-8-7-20(13-25(21)44-32(39)22(28)14-38)43-33(40)31-30(37)29-23(36)11-19(35)12-27(29)45-31/h2-13,28H,15,39H2,1H3. The summed E-state index contributed by atoms with van der Waals surface area (Å²) in [6, 6.07) is 23.0. The van der Waals surface area contributed by atoms with E-state index in [4.69, 9.17) is 71.1 Å². The number of nitrogens with two attached hydrogens (primary N) is 1. The average molecular weight is 698 g/mol. The zero-order chi connectivity index (χ0) is 31.8. The van der Waals surface area contributed by atoms with Crippen molar-refractivity contribution >= 4 is 73.8 Å². The maximum absolute atomic E-state index is 13.2. The van der Waals surface area contributed by atoms with E-state index in [1.54, 1.807) is 48.5 Å². The number of nitrogens with zero attached hydrogens (tertiary/aromatic N) is 1. The van der Waals surface area contributed by atoms with Gasteiger partial charge < -0.3 is 24.7 Å². The number of ether oxygens (including phenoxy) is 4. The molecule has 6 rings (SSSR count).